The predicted octanol–water partition coefficient (Wildman–Crippen LogP) is 5.74. The third-order valence-electron chi connectivity index (χ3n) is 6.40. The SMILES string of the molecule is CC(C)CCC[C@H](C)NC(=O)c1c2c(nc3ccccc13)CCN(Cc1ccccc1)C2. The second-order valence-corrected chi connectivity index (χ2v) is 9.57. The molecule has 0 unspecified atom stereocenters. The van der Waals surface area contributed by atoms with Crippen LogP contribution in [0.15, 0.2) is 54.6 Å². The number of benzene rings is 2. The number of fused-ring (bicyclic) bond motifs is 2. The van der Waals surface area contributed by atoms with Gasteiger partial charge in [0.25, 0.3) is 5.91 Å². The van der Waals surface area contributed by atoms with Crippen molar-refractivity contribution in [3.63, 3.8) is 0 Å². The number of aromatic nitrogens is 1. The van der Waals surface area contributed by atoms with Crippen LogP contribution in [0.25, 0.3) is 10.9 Å². The van der Waals surface area contributed by atoms with E-state index in [9.17, 15) is 4.79 Å². The molecule has 0 spiro atoms. The second-order valence-electron chi connectivity index (χ2n) is 9.57. The fourth-order valence-electron chi connectivity index (χ4n) is 4.68. The molecule has 4 rings (SSSR count). The van der Waals surface area contributed by atoms with Crippen LogP contribution in [0.5, 0.6) is 0 Å². The fraction of sp³-hybridized carbons (Fsp3) is 0.429. The highest BCUT2D eigenvalue weighted by Crippen LogP contribution is 2.29. The van der Waals surface area contributed by atoms with Gasteiger partial charge >= 0.3 is 0 Å². The Morgan fingerprint density at radius 1 is 1.03 bits per heavy atom. The van der Waals surface area contributed by atoms with Gasteiger partial charge in [0.1, 0.15) is 0 Å². The number of para-hydroxylation sites is 1. The van der Waals surface area contributed by atoms with Crippen LogP contribution >= 0.6 is 0 Å². The smallest absolute Gasteiger partial charge is 0.252 e. The Labute approximate surface area is 192 Å². The van der Waals surface area contributed by atoms with E-state index in [1.165, 1.54) is 12.0 Å². The van der Waals surface area contributed by atoms with Gasteiger partial charge in [-0.15, -0.1) is 0 Å². The molecule has 1 atom stereocenters. The van der Waals surface area contributed by atoms with Crippen LogP contribution in [0.4, 0.5) is 0 Å². The van der Waals surface area contributed by atoms with Crippen molar-refractivity contribution >= 4 is 16.8 Å². The van der Waals surface area contributed by atoms with Crippen molar-refractivity contribution < 1.29 is 4.79 Å². The first-order valence-corrected chi connectivity index (χ1v) is 12.0. The molecule has 4 nitrogen and oxygen atoms in total. The number of carbonyl (C=O) groups excluding carboxylic acids is 1. The van der Waals surface area contributed by atoms with Crippen LogP contribution in [-0.4, -0.2) is 28.4 Å². The van der Waals surface area contributed by atoms with E-state index in [0.717, 1.165) is 66.6 Å². The van der Waals surface area contributed by atoms with Gasteiger partial charge in [0.05, 0.1) is 11.1 Å². The van der Waals surface area contributed by atoms with E-state index in [2.05, 4.69) is 61.3 Å². The highest BCUT2D eigenvalue weighted by atomic mass is 16.1. The van der Waals surface area contributed by atoms with Gasteiger partial charge in [-0.05, 0) is 30.9 Å². The molecule has 1 aliphatic rings. The van der Waals surface area contributed by atoms with Crippen LogP contribution in [0.2, 0.25) is 0 Å². The molecule has 0 saturated carbocycles. The maximum atomic E-state index is 13.5. The van der Waals surface area contributed by atoms with Gasteiger partial charge in [-0.2, -0.15) is 0 Å². The zero-order chi connectivity index (χ0) is 22.5. The summed E-state index contributed by atoms with van der Waals surface area (Å²) in [4.78, 5) is 20.9. The number of carbonyl (C=O) groups is 1. The van der Waals surface area contributed by atoms with Gasteiger partial charge in [0, 0.05) is 48.7 Å². The average molecular weight is 430 g/mol. The lowest BCUT2D eigenvalue weighted by Crippen LogP contribution is -2.36. The number of rotatable bonds is 8. The molecule has 168 valence electrons. The van der Waals surface area contributed by atoms with Gasteiger partial charge in [-0.25, -0.2) is 0 Å². The van der Waals surface area contributed by atoms with Gasteiger partial charge < -0.3 is 5.32 Å². The minimum atomic E-state index is 0.0402. The van der Waals surface area contributed by atoms with Crippen molar-refractivity contribution in [2.75, 3.05) is 6.54 Å². The number of nitrogens with zero attached hydrogens (tertiary/aromatic N) is 2. The van der Waals surface area contributed by atoms with E-state index in [0.29, 0.717) is 5.92 Å². The Bertz CT molecular complexity index is 1060. The largest absolute Gasteiger partial charge is 0.350 e. The second kappa shape index (κ2) is 10.3. The molecule has 1 N–H and O–H groups in total. The lowest BCUT2D eigenvalue weighted by atomic mass is 9.94. The van der Waals surface area contributed by atoms with Crippen LogP contribution in [0.3, 0.4) is 0 Å². The van der Waals surface area contributed by atoms with Crippen molar-refractivity contribution in [3.8, 4) is 0 Å². The standard InChI is InChI=1S/C28H35N3O/c1-20(2)10-9-11-21(3)29-28(32)27-23-14-7-8-15-25(23)30-26-16-17-31(19-24(26)27)18-22-12-5-4-6-13-22/h4-8,12-15,20-21H,9-11,16-19H2,1-3H3,(H,29,32)/t21-/m0/s1. The summed E-state index contributed by atoms with van der Waals surface area (Å²) >= 11 is 0. The van der Waals surface area contributed by atoms with Crippen LogP contribution in [-0.2, 0) is 19.5 Å². The molecular weight excluding hydrogens is 394 g/mol. The molecule has 1 amide bonds. The van der Waals surface area contributed by atoms with Crippen LogP contribution < -0.4 is 5.32 Å². The lowest BCUT2D eigenvalue weighted by molar-refractivity contribution is 0.0936. The Morgan fingerprint density at radius 2 is 1.78 bits per heavy atom. The monoisotopic (exact) mass is 429 g/mol. The Balaban J connectivity index is 1.59. The molecular formula is C28H35N3O. The van der Waals surface area contributed by atoms with E-state index < -0.39 is 0 Å². The molecule has 4 heteroatoms. The van der Waals surface area contributed by atoms with Gasteiger partial charge in [0.15, 0.2) is 0 Å². The summed E-state index contributed by atoms with van der Waals surface area (Å²) in [5.41, 5.74) is 5.21. The molecule has 1 aromatic heterocycles. The third-order valence-corrected chi connectivity index (χ3v) is 6.40. The molecule has 0 radical (unpaired) electrons. The van der Waals surface area contributed by atoms with E-state index >= 15 is 0 Å². The van der Waals surface area contributed by atoms with Crippen molar-refractivity contribution in [2.45, 2.75) is 65.6 Å². The third kappa shape index (κ3) is 5.36. The van der Waals surface area contributed by atoms with Crippen molar-refractivity contribution in [1.82, 2.24) is 15.2 Å². The minimum Gasteiger partial charge on any atom is -0.350 e. The Kier molecular flexibility index (Phi) is 7.21. The summed E-state index contributed by atoms with van der Waals surface area (Å²) in [7, 11) is 0. The fourth-order valence-corrected chi connectivity index (χ4v) is 4.68. The number of pyridine rings is 1. The van der Waals surface area contributed by atoms with E-state index in [1.807, 2.05) is 24.3 Å². The first-order chi connectivity index (χ1) is 15.5. The molecule has 2 heterocycles. The topological polar surface area (TPSA) is 45.2 Å². The van der Waals surface area contributed by atoms with E-state index in [-0.39, 0.29) is 11.9 Å². The lowest BCUT2D eigenvalue weighted by Gasteiger charge is -2.30. The summed E-state index contributed by atoms with van der Waals surface area (Å²) < 4.78 is 0. The molecule has 0 saturated heterocycles. The first-order valence-electron chi connectivity index (χ1n) is 12.0. The predicted molar refractivity (Wildman–Crippen MR) is 132 cm³/mol. The molecule has 1 aliphatic heterocycles. The van der Waals surface area contributed by atoms with E-state index in [1.54, 1.807) is 0 Å². The molecule has 0 fully saturated rings. The normalized spacial score (nSPS) is 15.0. The zero-order valence-electron chi connectivity index (χ0n) is 19.6. The van der Waals surface area contributed by atoms with Gasteiger partial charge in [0.2, 0.25) is 0 Å². The number of hydrogen-bond acceptors (Lipinski definition) is 3. The van der Waals surface area contributed by atoms with Crippen molar-refractivity contribution in [1.29, 1.82) is 0 Å². The zero-order valence-corrected chi connectivity index (χ0v) is 19.6. The number of amides is 1. The number of nitrogens with one attached hydrogen (secondary N) is 1. The highest BCUT2D eigenvalue weighted by molar-refractivity contribution is 6.07. The molecule has 0 aliphatic carbocycles. The first kappa shape index (κ1) is 22.5. The summed E-state index contributed by atoms with van der Waals surface area (Å²) in [6.45, 7) is 9.22. The quantitative estimate of drug-likeness (QED) is 0.497. The minimum absolute atomic E-state index is 0.0402. The maximum Gasteiger partial charge on any atom is 0.252 e. The van der Waals surface area contributed by atoms with Crippen LogP contribution in [0.1, 0.15) is 67.2 Å². The van der Waals surface area contributed by atoms with Crippen molar-refractivity contribution in [3.05, 3.63) is 77.0 Å². The summed E-state index contributed by atoms with van der Waals surface area (Å²) in [6.07, 6.45) is 4.22. The highest BCUT2D eigenvalue weighted by Gasteiger charge is 2.26. The summed E-state index contributed by atoms with van der Waals surface area (Å²) in [5, 5.41) is 4.25. The summed E-state index contributed by atoms with van der Waals surface area (Å²) in [5.74, 6) is 0.739. The molecule has 2 aromatic carbocycles. The average Bonchev–Trinajstić information content (AvgIpc) is 2.78. The van der Waals surface area contributed by atoms with E-state index in [4.69, 9.17) is 4.98 Å². The van der Waals surface area contributed by atoms with Crippen LogP contribution in [0, 0.1) is 5.92 Å². The molecule has 32 heavy (non-hydrogen) atoms. The Hall–Kier alpha value is -2.72. The van der Waals surface area contributed by atoms with Crippen molar-refractivity contribution in [2.24, 2.45) is 5.92 Å². The molecule has 0 bridgehead atoms. The van der Waals surface area contributed by atoms with Gasteiger partial charge in [-0.3, -0.25) is 14.7 Å². The molecule has 3 aromatic rings. The Morgan fingerprint density at radius 3 is 2.56 bits per heavy atom. The number of hydrogen-bond donors (Lipinski definition) is 1. The summed E-state index contributed by atoms with van der Waals surface area (Å²) in [6, 6.07) is 18.8. The maximum absolute atomic E-state index is 13.5. The van der Waals surface area contributed by atoms with Gasteiger partial charge in [-0.1, -0.05) is 75.2 Å².